The number of carbonyl (C=O) groups is 1. The highest BCUT2D eigenvalue weighted by atomic mass is 35.5. The molecule has 0 spiro atoms. The maximum absolute atomic E-state index is 12.9. The Kier molecular flexibility index (Phi) is 4.61. The zero-order chi connectivity index (χ0) is 17.3. The summed E-state index contributed by atoms with van der Waals surface area (Å²) < 4.78 is 11.2. The van der Waals surface area contributed by atoms with E-state index in [4.69, 9.17) is 26.0 Å². The molecule has 1 aromatic carbocycles. The van der Waals surface area contributed by atoms with Crippen molar-refractivity contribution >= 4 is 17.5 Å². The summed E-state index contributed by atoms with van der Waals surface area (Å²) in [4.78, 5) is 14.6. The normalized spacial score (nSPS) is 20.7. The third kappa shape index (κ3) is 3.16. The maximum atomic E-state index is 12.9. The first-order valence-corrected chi connectivity index (χ1v) is 8.06. The standard InChI is InChI=1S/C18H17ClN2O3/c1-11-10-23-17(13-4-3-5-14(19)6-13)9-21(11)18(22)16-7-15(8-20)24-12(16)2/h3-7,11,17H,9-10H2,1-2H3/t11-,17+/m0/s1. The van der Waals surface area contributed by atoms with Crippen LogP contribution in [0.15, 0.2) is 34.7 Å². The number of carbonyl (C=O) groups excluding carboxylic acids is 1. The number of nitrogens with zero attached hydrogens (tertiary/aromatic N) is 2. The SMILES string of the molecule is Cc1oc(C#N)cc1C(=O)N1C[C@H](c2cccc(Cl)c2)OC[C@@H]1C. The molecule has 2 aromatic rings. The summed E-state index contributed by atoms with van der Waals surface area (Å²) in [6.07, 6.45) is -0.230. The Morgan fingerprint density at radius 2 is 2.21 bits per heavy atom. The van der Waals surface area contributed by atoms with Crippen LogP contribution in [-0.2, 0) is 4.74 Å². The van der Waals surface area contributed by atoms with E-state index >= 15 is 0 Å². The quantitative estimate of drug-likeness (QED) is 0.832. The maximum Gasteiger partial charge on any atom is 0.257 e. The minimum absolute atomic E-state index is 0.0623. The largest absolute Gasteiger partial charge is 0.450 e. The Balaban J connectivity index is 1.84. The minimum atomic E-state index is -0.230. The van der Waals surface area contributed by atoms with Crippen molar-refractivity contribution in [1.29, 1.82) is 5.26 Å². The highest BCUT2D eigenvalue weighted by Gasteiger charge is 2.32. The third-order valence-electron chi connectivity index (χ3n) is 4.17. The Labute approximate surface area is 145 Å². The third-order valence-corrected chi connectivity index (χ3v) is 4.41. The first-order valence-electron chi connectivity index (χ1n) is 7.68. The number of halogens is 1. The minimum Gasteiger partial charge on any atom is -0.450 e. The van der Waals surface area contributed by atoms with Gasteiger partial charge in [0.1, 0.15) is 17.9 Å². The molecule has 5 nitrogen and oxygen atoms in total. The topological polar surface area (TPSA) is 66.5 Å². The summed E-state index contributed by atoms with van der Waals surface area (Å²) >= 11 is 6.05. The van der Waals surface area contributed by atoms with Gasteiger partial charge >= 0.3 is 0 Å². The molecule has 2 atom stereocenters. The molecule has 1 saturated heterocycles. The predicted molar refractivity (Wildman–Crippen MR) is 88.8 cm³/mol. The number of hydrogen-bond donors (Lipinski definition) is 0. The molecule has 0 bridgehead atoms. The summed E-state index contributed by atoms with van der Waals surface area (Å²) in [7, 11) is 0. The van der Waals surface area contributed by atoms with Gasteiger partial charge in [-0.15, -0.1) is 0 Å². The highest BCUT2D eigenvalue weighted by Crippen LogP contribution is 2.28. The summed E-state index contributed by atoms with van der Waals surface area (Å²) in [6, 6.07) is 10.8. The van der Waals surface area contributed by atoms with Gasteiger partial charge in [-0.2, -0.15) is 5.26 Å². The molecule has 1 aliphatic heterocycles. The lowest BCUT2D eigenvalue weighted by molar-refractivity contribution is -0.0487. The molecule has 1 aromatic heterocycles. The van der Waals surface area contributed by atoms with E-state index in [1.807, 2.05) is 31.2 Å². The fourth-order valence-electron chi connectivity index (χ4n) is 2.85. The first-order chi connectivity index (χ1) is 11.5. The van der Waals surface area contributed by atoms with Crippen LogP contribution in [0, 0.1) is 18.3 Å². The molecule has 2 heterocycles. The number of rotatable bonds is 2. The van der Waals surface area contributed by atoms with Crippen LogP contribution in [0.5, 0.6) is 0 Å². The van der Waals surface area contributed by atoms with E-state index in [-0.39, 0.29) is 23.8 Å². The fraction of sp³-hybridized carbons (Fsp3) is 0.333. The average Bonchev–Trinajstić information content (AvgIpc) is 2.95. The molecule has 6 heteroatoms. The van der Waals surface area contributed by atoms with Gasteiger partial charge in [0.25, 0.3) is 5.91 Å². The van der Waals surface area contributed by atoms with E-state index in [1.54, 1.807) is 17.9 Å². The number of aryl methyl sites for hydroxylation is 1. The van der Waals surface area contributed by atoms with Crippen LogP contribution < -0.4 is 0 Å². The Bertz CT molecular complexity index is 809. The van der Waals surface area contributed by atoms with Gasteiger partial charge in [-0.3, -0.25) is 4.79 Å². The van der Waals surface area contributed by atoms with Crippen molar-refractivity contribution in [2.75, 3.05) is 13.2 Å². The molecule has 1 amide bonds. The van der Waals surface area contributed by atoms with Crippen molar-refractivity contribution in [3.05, 3.63) is 58.0 Å². The van der Waals surface area contributed by atoms with Crippen molar-refractivity contribution in [3.63, 3.8) is 0 Å². The van der Waals surface area contributed by atoms with Gasteiger partial charge in [0.05, 0.1) is 24.8 Å². The number of benzene rings is 1. The smallest absolute Gasteiger partial charge is 0.257 e. The van der Waals surface area contributed by atoms with Gasteiger partial charge in [0, 0.05) is 11.1 Å². The van der Waals surface area contributed by atoms with E-state index in [0.717, 1.165) is 5.56 Å². The Hall–Kier alpha value is -2.29. The number of ether oxygens (including phenoxy) is 1. The van der Waals surface area contributed by atoms with Crippen molar-refractivity contribution in [2.24, 2.45) is 0 Å². The van der Waals surface area contributed by atoms with E-state index in [1.165, 1.54) is 6.07 Å². The molecular formula is C18H17ClN2O3. The van der Waals surface area contributed by atoms with Crippen LogP contribution in [0.1, 0.15) is 40.5 Å². The van der Waals surface area contributed by atoms with Crippen molar-refractivity contribution in [1.82, 2.24) is 4.90 Å². The number of furan rings is 1. The lowest BCUT2D eigenvalue weighted by Crippen LogP contribution is -2.48. The number of morpholine rings is 1. The summed E-state index contributed by atoms with van der Waals surface area (Å²) in [5.41, 5.74) is 1.36. The number of amides is 1. The molecule has 0 N–H and O–H groups in total. The number of nitriles is 1. The van der Waals surface area contributed by atoms with Crippen LogP contribution in [0.2, 0.25) is 5.02 Å². The van der Waals surface area contributed by atoms with Gasteiger partial charge in [-0.25, -0.2) is 0 Å². The highest BCUT2D eigenvalue weighted by molar-refractivity contribution is 6.30. The van der Waals surface area contributed by atoms with Crippen molar-refractivity contribution < 1.29 is 13.9 Å². The molecule has 0 saturated carbocycles. The second kappa shape index (κ2) is 6.68. The van der Waals surface area contributed by atoms with Gasteiger partial charge in [-0.05, 0) is 31.5 Å². The second-order valence-electron chi connectivity index (χ2n) is 5.88. The fourth-order valence-corrected chi connectivity index (χ4v) is 3.05. The molecule has 0 radical (unpaired) electrons. The number of hydrogen-bond acceptors (Lipinski definition) is 4. The molecule has 1 fully saturated rings. The van der Waals surface area contributed by atoms with E-state index in [0.29, 0.717) is 29.5 Å². The van der Waals surface area contributed by atoms with E-state index in [9.17, 15) is 4.79 Å². The molecule has 24 heavy (non-hydrogen) atoms. The predicted octanol–water partition coefficient (Wildman–Crippen LogP) is 3.72. The molecule has 0 unspecified atom stereocenters. The van der Waals surface area contributed by atoms with E-state index in [2.05, 4.69) is 0 Å². The summed E-state index contributed by atoms with van der Waals surface area (Å²) in [5, 5.41) is 9.57. The van der Waals surface area contributed by atoms with Crippen molar-refractivity contribution in [3.8, 4) is 6.07 Å². The zero-order valence-corrected chi connectivity index (χ0v) is 14.2. The van der Waals surface area contributed by atoms with Gasteiger partial charge in [0.15, 0.2) is 0 Å². The van der Waals surface area contributed by atoms with Gasteiger partial charge < -0.3 is 14.1 Å². The van der Waals surface area contributed by atoms with Crippen LogP contribution in [0.3, 0.4) is 0 Å². The van der Waals surface area contributed by atoms with Crippen LogP contribution >= 0.6 is 11.6 Å². The van der Waals surface area contributed by atoms with Crippen LogP contribution in [-0.4, -0.2) is 30.0 Å². The Morgan fingerprint density at radius 1 is 1.42 bits per heavy atom. The molecule has 1 aliphatic rings. The molecular weight excluding hydrogens is 328 g/mol. The zero-order valence-electron chi connectivity index (χ0n) is 13.5. The lowest BCUT2D eigenvalue weighted by Gasteiger charge is -2.38. The monoisotopic (exact) mass is 344 g/mol. The van der Waals surface area contributed by atoms with E-state index < -0.39 is 0 Å². The van der Waals surface area contributed by atoms with Crippen LogP contribution in [0.25, 0.3) is 0 Å². The first kappa shape index (κ1) is 16.6. The molecule has 3 rings (SSSR count). The molecule has 0 aliphatic carbocycles. The second-order valence-corrected chi connectivity index (χ2v) is 6.31. The summed E-state index contributed by atoms with van der Waals surface area (Å²) in [5.74, 6) is 0.443. The lowest BCUT2D eigenvalue weighted by atomic mass is 10.0. The van der Waals surface area contributed by atoms with Gasteiger partial charge in [-0.1, -0.05) is 23.7 Å². The van der Waals surface area contributed by atoms with Crippen molar-refractivity contribution in [2.45, 2.75) is 26.0 Å². The average molecular weight is 345 g/mol. The van der Waals surface area contributed by atoms with Gasteiger partial charge in [0.2, 0.25) is 5.76 Å². The van der Waals surface area contributed by atoms with Crippen LogP contribution in [0.4, 0.5) is 0 Å². The Morgan fingerprint density at radius 3 is 2.88 bits per heavy atom. The molecule has 124 valence electrons. The summed E-state index contributed by atoms with van der Waals surface area (Å²) in [6.45, 7) is 4.48.